The van der Waals surface area contributed by atoms with Crippen LogP contribution in [0.4, 0.5) is 5.69 Å². The van der Waals surface area contributed by atoms with E-state index in [9.17, 15) is 19.5 Å². The Hall–Kier alpha value is -2.67. The van der Waals surface area contributed by atoms with Gasteiger partial charge >= 0.3 is 0 Å². The number of rotatable bonds is 4. The number of hydrogen-bond acceptors (Lipinski definition) is 6. The van der Waals surface area contributed by atoms with Crippen molar-refractivity contribution in [1.82, 2.24) is 4.98 Å². The molecule has 0 N–H and O–H groups in total. The zero-order chi connectivity index (χ0) is 18.1. The number of thioether (sulfide) groups is 1. The lowest BCUT2D eigenvalue weighted by Crippen LogP contribution is -2.32. The number of pyridine rings is 1. The Kier molecular flexibility index (Phi) is 4.59. The molecule has 1 aromatic carbocycles. The van der Waals surface area contributed by atoms with E-state index in [4.69, 9.17) is 0 Å². The van der Waals surface area contributed by atoms with Crippen LogP contribution in [0.1, 0.15) is 27.9 Å². The number of aromatic carboxylic acids is 1. The van der Waals surface area contributed by atoms with E-state index in [1.807, 2.05) is 26.0 Å². The lowest BCUT2D eigenvalue weighted by atomic mass is 10.1. The highest BCUT2D eigenvalue weighted by Gasteiger charge is 2.41. The molecule has 1 saturated heterocycles. The molecule has 0 bridgehead atoms. The topological polar surface area (TPSA) is 90.4 Å². The first-order valence-corrected chi connectivity index (χ1v) is 8.53. The van der Waals surface area contributed by atoms with Crippen LogP contribution in [0.3, 0.4) is 0 Å². The zero-order valence-corrected chi connectivity index (χ0v) is 14.5. The van der Waals surface area contributed by atoms with E-state index in [-0.39, 0.29) is 28.8 Å². The van der Waals surface area contributed by atoms with Crippen LogP contribution in [0.5, 0.6) is 0 Å². The standard InChI is InChI=1S/C18H16N2O4S/c1-10-5-6-11(2)13(8-10)20-15(21)9-14(17(20)22)25-16-12(18(23)24)4-3-7-19-16/h3-8,14H,9H2,1-2H3,(H,23,24)/p-1/t14-/m1/s1. The first kappa shape index (κ1) is 17.2. The Morgan fingerprint density at radius 1 is 1.28 bits per heavy atom. The summed E-state index contributed by atoms with van der Waals surface area (Å²) in [5.41, 5.74) is 2.25. The molecule has 6 nitrogen and oxygen atoms in total. The molecule has 2 aromatic rings. The molecule has 2 heterocycles. The second kappa shape index (κ2) is 6.68. The normalized spacial score (nSPS) is 17.2. The molecule has 0 unspecified atom stereocenters. The zero-order valence-electron chi connectivity index (χ0n) is 13.7. The lowest BCUT2D eigenvalue weighted by Gasteiger charge is -2.18. The highest BCUT2D eigenvalue weighted by atomic mass is 32.2. The molecule has 1 aliphatic heterocycles. The molecule has 1 fully saturated rings. The molecular formula is C18H15N2O4S-. The molecule has 0 radical (unpaired) electrons. The fourth-order valence-electron chi connectivity index (χ4n) is 2.68. The maximum absolute atomic E-state index is 12.8. The number of amides is 2. The van der Waals surface area contributed by atoms with Gasteiger partial charge in [-0.05, 0) is 43.2 Å². The van der Waals surface area contributed by atoms with Crippen LogP contribution in [-0.4, -0.2) is 28.0 Å². The number of nitrogens with zero attached hydrogens (tertiary/aromatic N) is 2. The van der Waals surface area contributed by atoms with Gasteiger partial charge in [-0.25, -0.2) is 9.88 Å². The average Bonchev–Trinajstić information content (AvgIpc) is 2.84. The van der Waals surface area contributed by atoms with Crippen molar-refractivity contribution in [2.75, 3.05) is 4.90 Å². The summed E-state index contributed by atoms with van der Waals surface area (Å²) >= 11 is 0.983. The number of carbonyl (C=O) groups is 3. The Bertz CT molecular complexity index is 881. The van der Waals surface area contributed by atoms with E-state index >= 15 is 0 Å². The van der Waals surface area contributed by atoms with Crippen LogP contribution in [0.15, 0.2) is 41.6 Å². The van der Waals surface area contributed by atoms with Crippen molar-refractivity contribution in [3.8, 4) is 0 Å². The molecule has 0 aliphatic carbocycles. The maximum Gasteiger partial charge on any atom is 0.247 e. The minimum absolute atomic E-state index is 0.0000557. The third-order valence-corrected chi connectivity index (χ3v) is 5.16. The van der Waals surface area contributed by atoms with Gasteiger partial charge < -0.3 is 9.90 Å². The molecular weight excluding hydrogens is 340 g/mol. The van der Waals surface area contributed by atoms with Crippen LogP contribution >= 0.6 is 11.8 Å². The summed E-state index contributed by atoms with van der Waals surface area (Å²) in [6.07, 6.45) is 1.44. The quantitative estimate of drug-likeness (QED) is 0.772. The summed E-state index contributed by atoms with van der Waals surface area (Å²) < 4.78 is 0. The van der Waals surface area contributed by atoms with Gasteiger partial charge in [-0.1, -0.05) is 23.9 Å². The molecule has 2 amide bonds. The summed E-state index contributed by atoms with van der Waals surface area (Å²) in [5, 5.41) is 10.7. The first-order chi connectivity index (χ1) is 11.9. The number of carboxylic acids is 1. The maximum atomic E-state index is 12.8. The predicted molar refractivity (Wildman–Crippen MR) is 91.2 cm³/mol. The third-order valence-electron chi connectivity index (χ3n) is 3.96. The van der Waals surface area contributed by atoms with Gasteiger partial charge in [-0.3, -0.25) is 9.59 Å². The molecule has 3 rings (SSSR count). The number of aromatic nitrogens is 1. The number of carboxylic acid groups (broad SMARTS) is 1. The fourth-order valence-corrected chi connectivity index (χ4v) is 3.79. The van der Waals surface area contributed by atoms with Gasteiger partial charge in [0.1, 0.15) is 5.03 Å². The predicted octanol–water partition coefficient (Wildman–Crippen LogP) is 1.49. The average molecular weight is 355 g/mol. The minimum Gasteiger partial charge on any atom is -0.545 e. The Morgan fingerprint density at radius 3 is 2.76 bits per heavy atom. The van der Waals surface area contributed by atoms with E-state index < -0.39 is 11.2 Å². The Morgan fingerprint density at radius 2 is 2.04 bits per heavy atom. The van der Waals surface area contributed by atoms with Gasteiger partial charge in [-0.2, -0.15) is 0 Å². The number of benzene rings is 1. The summed E-state index contributed by atoms with van der Waals surface area (Å²) in [5.74, 6) is -2.03. The van der Waals surface area contributed by atoms with Crippen LogP contribution in [0, 0.1) is 13.8 Å². The van der Waals surface area contributed by atoms with E-state index in [1.54, 1.807) is 6.07 Å². The summed E-state index contributed by atoms with van der Waals surface area (Å²) in [6, 6.07) is 8.42. The lowest BCUT2D eigenvalue weighted by molar-refractivity contribution is -0.255. The van der Waals surface area contributed by atoms with Gasteiger partial charge in [0, 0.05) is 18.2 Å². The fraction of sp³-hybridized carbons (Fsp3) is 0.222. The van der Waals surface area contributed by atoms with E-state index in [0.29, 0.717) is 5.69 Å². The van der Waals surface area contributed by atoms with E-state index in [1.165, 1.54) is 23.2 Å². The van der Waals surface area contributed by atoms with Gasteiger partial charge in [0.25, 0.3) is 0 Å². The van der Waals surface area contributed by atoms with Crippen LogP contribution in [0.2, 0.25) is 0 Å². The van der Waals surface area contributed by atoms with Crippen molar-refractivity contribution >= 4 is 35.2 Å². The van der Waals surface area contributed by atoms with Crippen molar-refractivity contribution in [2.45, 2.75) is 30.5 Å². The second-order valence-corrected chi connectivity index (χ2v) is 7.00. The highest BCUT2D eigenvalue weighted by molar-refractivity contribution is 8.00. The molecule has 7 heteroatoms. The summed E-state index contributed by atoms with van der Waals surface area (Å²) in [7, 11) is 0. The van der Waals surface area contributed by atoms with Gasteiger partial charge in [0.15, 0.2) is 0 Å². The van der Waals surface area contributed by atoms with Gasteiger partial charge in [-0.15, -0.1) is 0 Å². The van der Waals surface area contributed by atoms with Crippen molar-refractivity contribution in [3.05, 3.63) is 53.2 Å². The monoisotopic (exact) mass is 355 g/mol. The highest BCUT2D eigenvalue weighted by Crippen LogP contribution is 2.35. The van der Waals surface area contributed by atoms with Crippen molar-refractivity contribution < 1.29 is 19.5 Å². The van der Waals surface area contributed by atoms with Gasteiger partial charge in [0.05, 0.1) is 16.9 Å². The summed E-state index contributed by atoms with van der Waals surface area (Å²) in [4.78, 5) is 41.5. The summed E-state index contributed by atoms with van der Waals surface area (Å²) in [6.45, 7) is 3.73. The van der Waals surface area contributed by atoms with Gasteiger partial charge in [0.2, 0.25) is 11.8 Å². The number of hydrogen-bond donors (Lipinski definition) is 0. The second-order valence-electron chi connectivity index (χ2n) is 5.81. The van der Waals surface area contributed by atoms with Crippen molar-refractivity contribution in [2.24, 2.45) is 0 Å². The van der Waals surface area contributed by atoms with Crippen molar-refractivity contribution in [1.29, 1.82) is 0 Å². The molecule has 25 heavy (non-hydrogen) atoms. The largest absolute Gasteiger partial charge is 0.545 e. The van der Waals surface area contributed by atoms with E-state index in [0.717, 1.165) is 22.9 Å². The first-order valence-electron chi connectivity index (χ1n) is 7.65. The molecule has 0 saturated carbocycles. The van der Waals surface area contributed by atoms with Crippen LogP contribution in [0.25, 0.3) is 0 Å². The van der Waals surface area contributed by atoms with Crippen molar-refractivity contribution in [3.63, 3.8) is 0 Å². The molecule has 128 valence electrons. The SMILES string of the molecule is Cc1ccc(C)c(N2C(=O)C[C@@H](Sc3ncccc3C(=O)[O-])C2=O)c1. The Labute approximate surface area is 148 Å². The number of aryl methyl sites for hydroxylation is 2. The number of anilines is 1. The smallest absolute Gasteiger partial charge is 0.247 e. The van der Waals surface area contributed by atoms with E-state index in [2.05, 4.69) is 4.98 Å². The molecule has 1 atom stereocenters. The van der Waals surface area contributed by atoms with Crippen LogP contribution in [-0.2, 0) is 9.59 Å². The molecule has 0 spiro atoms. The van der Waals surface area contributed by atoms with Crippen LogP contribution < -0.4 is 10.0 Å². The third kappa shape index (κ3) is 3.28. The Balaban J connectivity index is 1.90. The minimum atomic E-state index is -1.36. The molecule has 1 aliphatic rings. The number of imide groups is 1. The number of carbonyl (C=O) groups excluding carboxylic acids is 3. The molecule has 1 aromatic heterocycles.